The molecule has 0 spiro atoms. The van der Waals surface area contributed by atoms with Gasteiger partial charge in [0.05, 0.1) is 16.8 Å². The fourth-order valence-corrected chi connectivity index (χ4v) is 5.39. The van der Waals surface area contributed by atoms with Crippen molar-refractivity contribution in [1.82, 2.24) is 25.4 Å². The number of amides is 5. The number of carbonyl (C=O) groups excluding carboxylic acids is 5. The van der Waals surface area contributed by atoms with Gasteiger partial charge in [0.2, 0.25) is 11.8 Å². The number of piperidine rings is 1. The molecular weight excluding hydrogens is 538 g/mol. The first-order valence-electron chi connectivity index (χ1n) is 13.8. The number of rotatable bonds is 9. The molecule has 2 fully saturated rings. The van der Waals surface area contributed by atoms with Gasteiger partial charge in [-0.1, -0.05) is 6.07 Å². The summed E-state index contributed by atoms with van der Waals surface area (Å²) < 4.78 is 0. The van der Waals surface area contributed by atoms with E-state index in [0.717, 1.165) is 23.4 Å². The van der Waals surface area contributed by atoms with Gasteiger partial charge in [0.25, 0.3) is 17.7 Å². The van der Waals surface area contributed by atoms with Crippen LogP contribution in [-0.4, -0.2) is 82.8 Å². The standard InChI is InChI=1S/C30H33N7O5/c1-16-5-4-6-23(34-16)22(26(31)30(42)36(2)3)15-33-19-11-17(12-19)14-32-18-7-8-20-21(13-18)29(41)37(28(20)40)24-9-10-25(38)35-27(24)39/h4-8,13,15,17,19,24,31-33H,9-12,14H2,1-3H3,(H,35,38,39)/b22-15-,31-26?/t17-,19-,24?. The molecule has 1 aromatic heterocycles. The van der Waals surface area contributed by atoms with Crippen molar-refractivity contribution >= 4 is 46.5 Å². The Morgan fingerprint density at radius 1 is 1.12 bits per heavy atom. The Morgan fingerprint density at radius 3 is 2.55 bits per heavy atom. The molecule has 3 heterocycles. The van der Waals surface area contributed by atoms with E-state index in [-0.39, 0.29) is 35.7 Å². The van der Waals surface area contributed by atoms with Crippen molar-refractivity contribution < 1.29 is 24.0 Å². The van der Waals surface area contributed by atoms with Crippen LogP contribution in [0.2, 0.25) is 0 Å². The van der Waals surface area contributed by atoms with Gasteiger partial charge in [-0.2, -0.15) is 0 Å². The molecule has 1 aliphatic carbocycles. The van der Waals surface area contributed by atoms with E-state index in [2.05, 4.69) is 20.9 Å². The zero-order valence-corrected chi connectivity index (χ0v) is 23.7. The Bertz CT molecular complexity index is 1530. The van der Waals surface area contributed by atoms with Crippen LogP contribution < -0.4 is 16.0 Å². The summed E-state index contributed by atoms with van der Waals surface area (Å²) in [7, 11) is 3.22. The number of hydrogen-bond donors (Lipinski definition) is 4. The molecule has 5 amide bonds. The molecule has 1 unspecified atom stereocenters. The highest BCUT2D eigenvalue weighted by Crippen LogP contribution is 2.31. The number of fused-ring (bicyclic) bond motifs is 1. The molecule has 1 saturated heterocycles. The van der Waals surface area contributed by atoms with E-state index in [4.69, 9.17) is 5.41 Å². The summed E-state index contributed by atoms with van der Waals surface area (Å²) in [6, 6.07) is 9.62. The molecule has 4 N–H and O–H groups in total. The average Bonchev–Trinajstić information content (AvgIpc) is 3.17. The maximum absolute atomic E-state index is 13.1. The van der Waals surface area contributed by atoms with E-state index in [1.807, 2.05) is 19.1 Å². The van der Waals surface area contributed by atoms with Gasteiger partial charge >= 0.3 is 0 Å². The second kappa shape index (κ2) is 11.6. The fraction of sp³-hybridized carbons (Fsp3) is 0.367. The topological polar surface area (TPSA) is 165 Å². The molecule has 0 radical (unpaired) electrons. The molecule has 1 atom stereocenters. The molecule has 2 aromatic rings. The molecule has 12 heteroatoms. The van der Waals surface area contributed by atoms with Crippen molar-refractivity contribution in [2.75, 3.05) is 26.0 Å². The predicted octanol–water partition coefficient (Wildman–Crippen LogP) is 1.72. The number of benzene rings is 1. The summed E-state index contributed by atoms with van der Waals surface area (Å²) in [5, 5.41) is 17.3. The van der Waals surface area contributed by atoms with Crippen LogP contribution in [-0.2, 0) is 14.4 Å². The van der Waals surface area contributed by atoms with Crippen LogP contribution in [0.3, 0.4) is 0 Å². The number of nitrogens with one attached hydrogen (secondary N) is 4. The molecule has 42 heavy (non-hydrogen) atoms. The van der Waals surface area contributed by atoms with Crippen molar-refractivity contribution in [3.05, 3.63) is 65.1 Å². The Labute approximate surface area is 243 Å². The van der Waals surface area contributed by atoms with Crippen LogP contribution in [0.4, 0.5) is 5.69 Å². The quantitative estimate of drug-likeness (QED) is 0.261. The van der Waals surface area contributed by atoms with Crippen LogP contribution >= 0.6 is 0 Å². The lowest BCUT2D eigenvalue weighted by atomic mass is 9.80. The van der Waals surface area contributed by atoms with Crippen LogP contribution in [0.1, 0.15) is 57.8 Å². The third-order valence-corrected chi connectivity index (χ3v) is 7.79. The second-order valence-electron chi connectivity index (χ2n) is 11.1. The minimum absolute atomic E-state index is 0.0739. The largest absolute Gasteiger partial charge is 0.388 e. The monoisotopic (exact) mass is 571 g/mol. The van der Waals surface area contributed by atoms with Gasteiger partial charge in [-0.3, -0.25) is 44.6 Å². The number of aryl methyl sites for hydroxylation is 1. The van der Waals surface area contributed by atoms with E-state index >= 15 is 0 Å². The summed E-state index contributed by atoms with van der Waals surface area (Å²) in [6.45, 7) is 2.51. The first kappa shape index (κ1) is 28.7. The maximum Gasteiger partial charge on any atom is 0.271 e. The third kappa shape index (κ3) is 5.65. The highest BCUT2D eigenvalue weighted by atomic mass is 16.2. The summed E-state index contributed by atoms with van der Waals surface area (Å²) in [6.07, 6.45) is 3.61. The molecule has 218 valence electrons. The van der Waals surface area contributed by atoms with E-state index < -0.39 is 35.6 Å². The lowest BCUT2D eigenvalue weighted by Gasteiger charge is -2.36. The molecule has 2 aliphatic heterocycles. The van der Waals surface area contributed by atoms with Gasteiger partial charge < -0.3 is 15.5 Å². The summed E-state index contributed by atoms with van der Waals surface area (Å²) in [4.78, 5) is 69.0. The lowest BCUT2D eigenvalue weighted by Crippen LogP contribution is -2.54. The van der Waals surface area contributed by atoms with Crippen molar-refractivity contribution in [2.45, 2.75) is 44.7 Å². The minimum Gasteiger partial charge on any atom is -0.388 e. The minimum atomic E-state index is -0.994. The number of imide groups is 2. The normalized spacial score (nSPS) is 21.8. The van der Waals surface area contributed by atoms with Gasteiger partial charge in [0.15, 0.2) is 0 Å². The molecular formula is C30H33N7O5. The first-order valence-corrected chi connectivity index (χ1v) is 13.8. The van der Waals surface area contributed by atoms with E-state index in [1.165, 1.54) is 4.90 Å². The van der Waals surface area contributed by atoms with E-state index in [1.54, 1.807) is 44.6 Å². The summed E-state index contributed by atoms with van der Waals surface area (Å²) in [5.74, 6) is -2.17. The SMILES string of the molecule is Cc1cccc(/C(=C/N[C@H]2C[C@H](CNc3ccc4c(c3)C(=O)N(C3CCC(=O)NC3=O)C4=O)C2)C(=N)C(=O)N(C)C)n1. The Kier molecular flexibility index (Phi) is 7.88. The summed E-state index contributed by atoms with van der Waals surface area (Å²) in [5.41, 5.74) is 2.82. The number of nitrogens with zero attached hydrogens (tertiary/aromatic N) is 3. The van der Waals surface area contributed by atoms with Crippen LogP contribution in [0.15, 0.2) is 42.6 Å². The van der Waals surface area contributed by atoms with Gasteiger partial charge in [-0.15, -0.1) is 0 Å². The van der Waals surface area contributed by atoms with E-state index in [0.29, 0.717) is 29.4 Å². The fourth-order valence-electron chi connectivity index (χ4n) is 5.39. The van der Waals surface area contributed by atoms with Crippen molar-refractivity contribution in [2.24, 2.45) is 5.92 Å². The highest BCUT2D eigenvalue weighted by molar-refractivity contribution is 6.54. The van der Waals surface area contributed by atoms with Crippen molar-refractivity contribution in [1.29, 1.82) is 5.41 Å². The molecule has 12 nitrogen and oxygen atoms in total. The molecule has 0 bridgehead atoms. The van der Waals surface area contributed by atoms with Gasteiger partial charge in [-0.25, -0.2) is 0 Å². The third-order valence-electron chi connectivity index (χ3n) is 7.79. The lowest BCUT2D eigenvalue weighted by molar-refractivity contribution is -0.136. The number of hydrogen-bond acceptors (Lipinski definition) is 9. The average molecular weight is 572 g/mol. The highest BCUT2D eigenvalue weighted by Gasteiger charge is 2.44. The van der Waals surface area contributed by atoms with Crippen molar-refractivity contribution in [3.8, 4) is 0 Å². The summed E-state index contributed by atoms with van der Waals surface area (Å²) >= 11 is 0. The molecule has 5 rings (SSSR count). The zero-order chi connectivity index (χ0) is 30.1. The van der Waals surface area contributed by atoms with E-state index in [9.17, 15) is 24.0 Å². The van der Waals surface area contributed by atoms with Gasteiger partial charge in [0, 0.05) is 56.3 Å². The van der Waals surface area contributed by atoms with Gasteiger partial charge in [-0.05, 0) is 62.4 Å². The second-order valence-corrected chi connectivity index (χ2v) is 11.1. The van der Waals surface area contributed by atoms with Crippen LogP contribution in [0.5, 0.6) is 0 Å². The predicted molar refractivity (Wildman–Crippen MR) is 155 cm³/mol. The Morgan fingerprint density at radius 2 is 1.86 bits per heavy atom. The van der Waals surface area contributed by atoms with Crippen LogP contribution in [0, 0.1) is 18.3 Å². The molecule has 1 aromatic carbocycles. The Hall–Kier alpha value is -4.87. The van der Waals surface area contributed by atoms with Crippen molar-refractivity contribution in [3.63, 3.8) is 0 Å². The maximum atomic E-state index is 13.1. The zero-order valence-electron chi connectivity index (χ0n) is 23.7. The smallest absolute Gasteiger partial charge is 0.271 e. The number of pyridine rings is 1. The first-order chi connectivity index (χ1) is 20.0. The van der Waals surface area contributed by atoms with Gasteiger partial charge in [0.1, 0.15) is 11.8 Å². The van der Waals surface area contributed by atoms with Crippen LogP contribution in [0.25, 0.3) is 5.57 Å². The Balaban J connectivity index is 1.17. The number of aromatic nitrogens is 1. The number of carbonyl (C=O) groups is 5. The number of anilines is 1. The molecule has 3 aliphatic rings. The molecule has 1 saturated carbocycles.